The lowest BCUT2D eigenvalue weighted by Gasteiger charge is -2.00. The highest BCUT2D eigenvalue weighted by atomic mass is 127. The molecular formula is C13H7Cl2IN2. The molecule has 18 heavy (non-hydrogen) atoms. The number of halogens is 3. The third-order valence-electron chi connectivity index (χ3n) is 2.63. The Morgan fingerprint density at radius 1 is 1.06 bits per heavy atom. The Morgan fingerprint density at radius 3 is 2.72 bits per heavy atom. The van der Waals surface area contributed by atoms with Gasteiger partial charge < -0.3 is 4.98 Å². The van der Waals surface area contributed by atoms with E-state index in [0.29, 0.717) is 10.0 Å². The average molecular weight is 389 g/mol. The van der Waals surface area contributed by atoms with E-state index in [4.69, 9.17) is 23.2 Å². The molecule has 0 amide bonds. The van der Waals surface area contributed by atoms with Crippen LogP contribution >= 0.6 is 45.8 Å². The maximum Gasteiger partial charge on any atom is 0.140 e. The maximum absolute atomic E-state index is 6.20. The second-order valence-electron chi connectivity index (χ2n) is 3.87. The molecular weight excluding hydrogens is 382 g/mol. The summed E-state index contributed by atoms with van der Waals surface area (Å²) in [5.41, 5.74) is 2.69. The summed E-state index contributed by atoms with van der Waals surface area (Å²) in [6.45, 7) is 0. The van der Waals surface area contributed by atoms with Gasteiger partial charge in [0, 0.05) is 14.2 Å². The molecule has 3 rings (SSSR count). The van der Waals surface area contributed by atoms with Gasteiger partial charge in [-0.05, 0) is 59.0 Å². The topological polar surface area (TPSA) is 28.7 Å². The fourth-order valence-corrected chi connectivity index (χ4v) is 2.66. The van der Waals surface area contributed by atoms with Crippen LogP contribution < -0.4 is 0 Å². The summed E-state index contributed by atoms with van der Waals surface area (Å²) < 4.78 is 1.12. The van der Waals surface area contributed by atoms with Gasteiger partial charge in [0.1, 0.15) is 5.82 Å². The van der Waals surface area contributed by atoms with Crippen LogP contribution in [0.3, 0.4) is 0 Å². The first-order valence-corrected chi connectivity index (χ1v) is 7.07. The smallest absolute Gasteiger partial charge is 0.140 e. The van der Waals surface area contributed by atoms with Gasteiger partial charge in [-0.2, -0.15) is 0 Å². The third kappa shape index (κ3) is 2.22. The Morgan fingerprint density at radius 2 is 1.89 bits per heavy atom. The summed E-state index contributed by atoms with van der Waals surface area (Å²) in [7, 11) is 0. The van der Waals surface area contributed by atoms with Crippen LogP contribution in [0.15, 0.2) is 36.4 Å². The summed E-state index contributed by atoms with van der Waals surface area (Å²) >= 11 is 14.4. The number of nitrogens with one attached hydrogen (secondary N) is 1. The van der Waals surface area contributed by atoms with Gasteiger partial charge in [-0.15, -0.1) is 0 Å². The van der Waals surface area contributed by atoms with Crippen LogP contribution in [0.1, 0.15) is 0 Å². The average Bonchev–Trinajstić information content (AvgIpc) is 2.74. The Labute approximate surface area is 127 Å². The molecule has 0 atom stereocenters. The lowest BCUT2D eigenvalue weighted by Crippen LogP contribution is -1.83. The molecule has 0 saturated heterocycles. The predicted molar refractivity (Wildman–Crippen MR) is 84.3 cm³/mol. The maximum atomic E-state index is 6.20. The predicted octanol–water partition coefficient (Wildman–Crippen LogP) is 5.14. The fourth-order valence-electron chi connectivity index (χ4n) is 1.79. The van der Waals surface area contributed by atoms with Gasteiger partial charge in [0.15, 0.2) is 0 Å². The normalized spacial score (nSPS) is 11.1. The number of nitrogens with zero attached hydrogens (tertiary/aromatic N) is 1. The van der Waals surface area contributed by atoms with E-state index in [1.165, 1.54) is 0 Å². The third-order valence-corrected chi connectivity index (χ3v) is 3.86. The number of fused-ring (bicyclic) bond motifs is 1. The Balaban J connectivity index is 2.22. The van der Waals surface area contributed by atoms with Crippen molar-refractivity contribution in [2.24, 2.45) is 0 Å². The quantitative estimate of drug-likeness (QED) is 0.574. The number of aromatic amines is 1. The molecule has 1 N–H and O–H groups in total. The summed E-state index contributed by atoms with van der Waals surface area (Å²) in [5, 5.41) is 1.37. The SMILES string of the molecule is Clc1ccc2nc(-c3cc(I)ccc3Cl)[nH]c2c1. The van der Waals surface area contributed by atoms with E-state index in [0.717, 1.165) is 26.0 Å². The zero-order valence-corrected chi connectivity index (χ0v) is 12.7. The fraction of sp³-hybridized carbons (Fsp3) is 0. The molecule has 0 radical (unpaired) electrons. The van der Waals surface area contributed by atoms with E-state index in [9.17, 15) is 0 Å². The highest BCUT2D eigenvalue weighted by Gasteiger charge is 2.09. The van der Waals surface area contributed by atoms with Crippen molar-refractivity contribution in [1.29, 1.82) is 0 Å². The van der Waals surface area contributed by atoms with Crippen molar-refractivity contribution < 1.29 is 0 Å². The number of imidazole rings is 1. The number of aromatic nitrogens is 2. The minimum atomic E-state index is 0.681. The van der Waals surface area contributed by atoms with Gasteiger partial charge in [0.05, 0.1) is 16.1 Å². The Hall–Kier alpha value is -0.780. The second-order valence-corrected chi connectivity index (χ2v) is 5.96. The molecule has 1 aromatic heterocycles. The molecule has 90 valence electrons. The van der Waals surface area contributed by atoms with Gasteiger partial charge in [0.25, 0.3) is 0 Å². The second kappa shape index (κ2) is 4.72. The number of benzene rings is 2. The summed E-state index contributed by atoms with van der Waals surface area (Å²) in [4.78, 5) is 7.76. The molecule has 0 spiro atoms. The first kappa shape index (κ1) is 12.3. The number of hydrogen-bond donors (Lipinski definition) is 1. The summed E-state index contributed by atoms with van der Waals surface area (Å²) in [6, 6.07) is 11.4. The van der Waals surface area contributed by atoms with Crippen LogP contribution in [0.4, 0.5) is 0 Å². The van der Waals surface area contributed by atoms with Crippen molar-refractivity contribution in [3.05, 3.63) is 50.0 Å². The van der Waals surface area contributed by atoms with E-state index in [2.05, 4.69) is 32.6 Å². The first-order chi connectivity index (χ1) is 8.63. The molecule has 0 unspecified atom stereocenters. The Bertz CT molecular complexity index is 737. The molecule has 0 aliphatic carbocycles. The van der Waals surface area contributed by atoms with Gasteiger partial charge in [-0.3, -0.25) is 0 Å². The van der Waals surface area contributed by atoms with E-state index < -0.39 is 0 Å². The molecule has 0 saturated carbocycles. The summed E-state index contributed by atoms with van der Waals surface area (Å²) in [6.07, 6.45) is 0. The van der Waals surface area contributed by atoms with E-state index in [-0.39, 0.29) is 0 Å². The molecule has 3 aromatic rings. The zero-order valence-electron chi connectivity index (χ0n) is 9.05. The molecule has 1 heterocycles. The highest BCUT2D eigenvalue weighted by Crippen LogP contribution is 2.29. The van der Waals surface area contributed by atoms with Crippen molar-refractivity contribution in [1.82, 2.24) is 9.97 Å². The largest absolute Gasteiger partial charge is 0.338 e. The van der Waals surface area contributed by atoms with Crippen molar-refractivity contribution in [3.63, 3.8) is 0 Å². The summed E-state index contributed by atoms with van der Waals surface area (Å²) in [5.74, 6) is 0.760. The lowest BCUT2D eigenvalue weighted by molar-refractivity contribution is 1.33. The zero-order chi connectivity index (χ0) is 12.7. The molecule has 5 heteroatoms. The van der Waals surface area contributed by atoms with Crippen LogP contribution in [0.25, 0.3) is 22.4 Å². The van der Waals surface area contributed by atoms with Gasteiger partial charge in [-0.25, -0.2) is 4.98 Å². The highest BCUT2D eigenvalue weighted by molar-refractivity contribution is 14.1. The number of rotatable bonds is 1. The van der Waals surface area contributed by atoms with Crippen molar-refractivity contribution in [2.75, 3.05) is 0 Å². The van der Waals surface area contributed by atoms with Crippen LogP contribution in [0, 0.1) is 3.57 Å². The van der Waals surface area contributed by atoms with Crippen LogP contribution in [-0.4, -0.2) is 9.97 Å². The number of hydrogen-bond acceptors (Lipinski definition) is 1. The van der Waals surface area contributed by atoms with Crippen LogP contribution in [-0.2, 0) is 0 Å². The van der Waals surface area contributed by atoms with Gasteiger partial charge in [0.2, 0.25) is 0 Å². The number of H-pyrrole nitrogens is 1. The molecule has 0 aliphatic heterocycles. The van der Waals surface area contributed by atoms with Crippen LogP contribution in [0.5, 0.6) is 0 Å². The Kier molecular flexibility index (Phi) is 3.21. The monoisotopic (exact) mass is 388 g/mol. The van der Waals surface area contributed by atoms with E-state index in [1.807, 2.05) is 36.4 Å². The molecule has 2 aromatic carbocycles. The van der Waals surface area contributed by atoms with Crippen molar-refractivity contribution in [3.8, 4) is 11.4 Å². The van der Waals surface area contributed by atoms with E-state index in [1.54, 1.807) is 0 Å². The minimum absolute atomic E-state index is 0.681. The lowest BCUT2D eigenvalue weighted by atomic mass is 10.2. The van der Waals surface area contributed by atoms with Gasteiger partial charge in [-0.1, -0.05) is 23.2 Å². The first-order valence-electron chi connectivity index (χ1n) is 5.24. The van der Waals surface area contributed by atoms with Crippen LogP contribution in [0.2, 0.25) is 10.0 Å². The van der Waals surface area contributed by atoms with Gasteiger partial charge >= 0.3 is 0 Å². The molecule has 0 aliphatic rings. The molecule has 0 fully saturated rings. The standard InChI is InChI=1S/C13H7Cl2IN2/c14-7-1-4-11-12(5-7)18-13(17-11)9-6-8(16)2-3-10(9)15/h1-6H,(H,17,18). The molecule has 2 nitrogen and oxygen atoms in total. The van der Waals surface area contributed by atoms with E-state index >= 15 is 0 Å². The van der Waals surface area contributed by atoms with Crippen molar-refractivity contribution >= 4 is 56.8 Å². The minimum Gasteiger partial charge on any atom is -0.338 e. The van der Waals surface area contributed by atoms with Crippen molar-refractivity contribution in [2.45, 2.75) is 0 Å². The molecule has 0 bridgehead atoms.